The predicted octanol–water partition coefficient (Wildman–Crippen LogP) is 0.678. The number of nitrogens with one attached hydrogen (secondary N) is 2. The Labute approximate surface area is 68.4 Å². The van der Waals surface area contributed by atoms with Gasteiger partial charge in [-0.25, -0.2) is 0 Å². The first-order chi connectivity index (χ1) is 5.23. The van der Waals surface area contributed by atoms with Crippen molar-refractivity contribution >= 4 is 0 Å². The van der Waals surface area contributed by atoms with Crippen molar-refractivity contribution in [2.24, 2.45) is 0 Å². The van der Waals surface area contributed by atoms with E-state index in [0.29, 0.717) is 6.04 Å². The summed E-state index contributed by atoms with van der Waals surface area (Å²) in [4.78, 5) is 0. The second-order valence-corrected chi connectivity index (χ2v) is 3.04. The molecule has 2 atom stereocenters. The Morgan fingerprint density at radius 2 is 2.00 bits per heavy atom. The summed E-state index contributed by atoms with van der Waals surface area (Å²) in [5.74, 6) is 0. The van der Waals surface area contributed by atoms with Crippen LogP contribution in [0.3, 0.4) is 0 Å². The van der Waals surface area contributed by atoms with E-state index in [4.69, 9.17) is 0 Å². The molecular formula is C9H16N2. The van der Waals surface area contributed by atoms with Crippen LogP contribution >= 0.6 is 0 Å². The molecule has 0 aromatic rings. The first-order valence-electron chi connectivity index (χ1n) is 3.95. The second kappa shape index (κ2) is 3.20. The summed E-state index contributed by atoms with van der Waals surface area (Å²) in [7, 11) is 3.96. The molecule has 0 aromatic heterocycles. The summed E-state index contributed by atoms with van der Waals surface area (Å²) in [6.45, 7) is 2.17. The molecule has 2 nitrogen and oxygen atoms in total. The van der Waals surface area contributed by atoms with Crippen molar-refractivity contribution in [3.05, 3.63) is 24.3 Å². The van der Waals surface area contributed by atoms with E-state index < -0.39 is 0 Å². The lowest BCUT2D eigenvalue weighted by Gasteiger charge is -2.34. The SMILES string of the molecule is CNC1C=CC=CC1(C)NC. The largest absolute Gasteiger partial charge is 0.312 e. The van der Waals surface area contributed by atoms with Gasteiger partial charge in [-0.15, -0.1) is 0 Å². The van der Waals surface area contributed by atoms with Crippen molar-refractivity contribution in [1.82, 2.24) is 10.6 Å². The average Bonchev–Trinajstić information content (AvgIpc) is 2.05. The van der Waals surface area contributed by atoms with Crippen molar-refractivity contribution in [3.63, 3.8) is 0 Å². The molecule has 0 amide bonds. The molecule has 1 rings (SSSR count). The van der Waals surface area contributed by atoms with E-state index >= 15 is 0 Å². The van der Waals surface area contributed by atoms with E-state index in [1.807, 2.05) is 14.1 Å². The first-order valence-corrected chi connectivity index (χ1v) is 3.95. The van der Waals surface area contributed by atoms with Gasteiger partial charge in [0, 0.05) is 6.04 Å². The Balaban J connectivity index is 2.77. The summed E-state index contributed by atoms with van der Waals surface area (Å²) < 4.78 is 0. The highest BCUT2D eigenvalue weighted by molar-refractivity contribution is 5.25. The lowest BCUT2D eigenvalue weighted by Crippen LogP contribution is -2.54. The molecule has 11 heavy (non-hydrogen) atoms. The molecule has 2 N–H and O–H groups in total. The van der Waals surface area contributed by atoms with Gasteiger partial charge < -0.3 is 10.6 Å². The van der Waals surface area contributed by atoms with Crippen molar-refractivity contribution in [2.75, 3.05) is 14.1 Å². The van der Waals surface area contributed by atoms with Gasteiger partial charge in [0.15, 0.2) is 0 Å². The van der Waals surface area contributed by atoms with E-state index in [1.54, 1.807) is 0 Å². The topological polar surface area (TPSA) is 24.1 Å². The molecule has 2 unspecified atom stereocenters. The third kappa shape index (κ3) is 1.52. The van der Waals surface area contributed by atoms with Gasteiger partial charge >= 0.3 is 0 Å². The number of rotatable bonds is 2. The number of hydrogen-bond donors (Lipinski definition) is 2. The average molecular weight is 152 g/mol. The van der Waals surface area contributed by atoms with Crippen molar-refractivity contribution in [2.45, 2.75) is 18.5 Å². The van der Waals surface area contributed by atoms with Crippen LogP contribution in [0.2, 0.25) is 0 Å². The van der Waals surface area contributed by atoms with Crippen molar-refractivity contribution in [1.29, 1.82) is 0 Å². The maximum atomic E-state index is 3.28. The molecule has 62 valence electrons. The fourth-order valence-corrected chi connectivity index (χ4v) is 1.37. The zero-order valence-corrected chi connectivity index (χ0v) is 7.39. The molecule has 0 aromatic carbocycles. The fourth-order valence-electron chi connectivity index (χ4n) is 1.37. The quantitative estimate of drug-likeness (QED) is 0.608. The van der Waals surface area contributed by atoms with E-state index in [1.165, 1.54) is 0 Å². The minimum Gasteiger partial charge on any atom is -0.312 e. The zero-order valence-electron chi connectivity index (χ0n) is 7.39. The normalized spacial score (nSPS) is 36.1. The van der Waals surface area contributed by atoms with Gasteiger partial charge in [-0.3, -0.25) is 0 Å². The molecular weight excluding hydrogens is 136 g/mol. The van der Waals surface area contributed by atoms with Crippen LogP contribution in [0.25, 0.3) is 0 Å². The molecule has 0 saturated carbocycles. The minimum absolute atomic E-state index is 0.0590. The Bertz CT molecular complexity index is 184. The Hall–Kier alpha value is -0.600. The van der Waals surface area contributed by atoms with Gasteiger partial charge in [0.25, 0.3) is 0 Å². The molecule has 0 fully saturated rings. The Kier molecular flexibility index (Phi) is 2.47. The predicted molar refractivity (Wildman–Crippen MR) is 48.6 cm³/mol. The zero-order chi connectivity index (χ0) is 8.32. The molecule has 0 aliphatic heterocycles. The van der Waals surface area contributed by atoms with Crippen LogP contribution in [0.5, 0.6) is 0 Å². The molecule has 0 heterocycles. The second-order valence-electron chi connectivity index (χ2n) is 3.04. The highest BCUT2D eigenvalue weighted by Crippen LogP contribution is 2.16. The van der Waals surface area contributed by atoms with Crippen LogP contribution in [-0.2, 0) is 0 Å². The van der Waals surface area contributed by atoms with Crippen LogP contribution in [0, 0.1) is 0 Å². The van der Waals surface area contributed by atoms with E-state index in [-0.39, 0.29) is 5.54 Å². The maximum Gasteiger partial charge on any atom is 0.0528 e. The van der Waals surface area contributed by atoms with Crippen LogP contribution < -0.4 is 10.6 Å². The lowest BCUT2D eigenvalue weighted by molar-refractivity contribution is 0.389. The molecule has 2 heteroatoms. The molecule has 0 radical (unpaired) electrons. The van der Waals surface area contributed by atoms with E-state index in [0.717, 1.165) is 0 Å². The van der Waals surface area contributed by atoms with Crippen molar-refractivity contribution < 1.29 is 0 Å². The molecule has 1 aliphatic carbocycles. The fraction of sp³-hybridized carbons (Fsp3) is 0.556. The summed E-state index contributed by atoms with van der Waals surface area (Å²) in [6, 6.07) is 0.387. The summed E-state index contributed by atoms with van der Waals surface area (Å²) in [5, 5.41) is 6.53. The van der Waals surface area contributed by atoms with E-state index in [9.17, 15) is 0 Å². The summed E-state index contributed by atoms with van der Waals surface area (Å²) >= 11 is 0. The van der Waals surface area contributed by atoms with Crippen LogP contribution in [0.15, 0.2) is 24.3 Å². The van der Waals surface area contributed by atoms with Gasteiger partial charge in [-0.2, -0.15) is 0 Å². The van der Waals surface area contributed by atoms with Gasteiger partial charge in [-0.1, -0.05) is 24.3 Å². The van der Waals surface area contributed by atoms with Gasteiger partial charge in [0.2, 0.25) is 0 Å². The number of allylic oxidation sites excluding steroid dienone is 2. The highest BCUT2D eigenvalue weighted by atomic mass is 15.0. The van der Waals surface area contributed by atoms with Gasteiger partial charge in [0.05, 0.1) is 5.54 Å². The third-order valence-corrected chi connectivity index (χ3v) is 2.35. The standard InChI is InChI=1S/C9H16N2/c1-9(11-3)7-5-4-6-8(9)10-2/h4-8,10-11H,1-3H3. The maximum absolute atomic E-state index is 3.28. The summed E-state index contributed by atoms with van der Waals surface area (Å²) in [5.41, 5.74) is 0.0590. The van der Waals surface area contributed by atoms with Crippen LogP contribution in [0.4, 0.5) is 0 Å². The van der Waals surface area contributed by atoms with Crippen molar-refractivity contribution in [3.8, 4) is 0 Å². The lowest BCUT2D eigenvalue weighted by atomic mass is 9.88. The highest BCUT2D eigenvalue weighted by Gasteiger charge is 2.27. The summed E-state index contributed by atoms with van der Waals surface area (Å²) in [6.07, 6.45) is 8.48. The van der Waals surface area contributed by atoms with Crippen LogP contribution in [-0.4, -0.2) is 25.7 Å². The van der Waals surface area contributed by atoms with Crippen LogP contribution in [0.1, 0.15) is 6.92 Å². The third-order valence-electron chi connectivity index (χ3n) is 2.35. The molecule has 0 bridgehead atoms. The first kappa shape index (κ1) is 8.50. The molecule has 0 spiro atoms. The van der Waals surface area contributed by atoms with E-state index in [2.05, 4.69) is 41.9 Å². The number of hydrogen-bond acceptors (Lipinski definition) is 2. The van der Waals surface area contributed by atoms with Gasteiger partial charge in [0.1, 0.15) is 0 Å². The minimum atomic E-state index is 0.0590. The number of likely N-dealkylation sites (N-methyl/N-ethyl adjacent to an activating group) is 2. The molecule has 0 saturated heterocycles. The molecule has 1 aliphatic rings. The Morgan fingerprint density at radius 1 is 1.27 bits per heavy atom. The Morgan fingerprint density at radius 3 is 2.45 bits per heavy atom. The van der Waals surface area contributed by atoms with Gasteiger partial charge in [-0.05, 0) is 21.0 Å². The monoisotopic (exact) mass is 152 g/mol. The smallest absolute Gasteiger partial charge is 0.0528 e.